The molecule has 120 valence electrons. The van der Waals surface area contributed by atoms with E-state index < -0.39 is 0 Å². The highest BCUT2D eigenvalue weighted by Gasteiger charge is 2.10. The minimum absolute atomic E-state index is 0.275. The zero-order valence-electron chi connectivity index (χ0n) is 12.7. The van der Waals surface area contributed by atoms with Crippen molar-refractivity contribution in [1.82, 2.24) is 30.3 Å². The van der Waals surface area contributed by atoms with E-state index in [-0.39, 0.29) is 5.82 Å². The molecule has 0 saturated heterocycles. The molecule has 0 unspecified atom stereocenters. The minimum Gasteiger partial charge on any atom is -0.339 e. The summed E-state index contributed by atoms with van der Waals surface area (Å²) in [7, 11) is 1.80. The molecule has 0 atom stereocenters. The number of thioether (sulfide) groups is 1. The Bertz CT molecular complexity index is 802. The molecule has 3 aromatic rings. The predicted octanol–water partition coefficient (Wildman–Crippen LogP) is 2.43. The second-order valence-corrected chi connectivity index (χ2v) is 6.07. The lowest BCUT2D eigenvalue weighted by atomic mass is 10.1. The van der Waals surface area contributed by atoms with E-state index in [9.17, 15) is 4.39 Å². The number of rotatable bonds is 6. The molecule has 7 nitrogen and oxygen atoms in total. The third-order valence-corrected chi connectivity index (χ3v) is 4.34. The summed E-state index contributed by atoms with van der Waals surface area (Å²) in [6, 6.07) is 4.90. The molecule has 0 aliphatic carbocycles. The van der Waals surface area contributed by atoms with Crippen molar-refractivity contribution >= 4 is 11.8 Å². The molecule has 0 aliphatic rings. The molecule has 0 fully saturated rings. The van der Waals surface area contributed by atoms with Gasteiger partial charge in [-0.3, -0.25) is 0 Å². The van der Waals surface area contributed by atoms with Crippen LogP contribution in [0, 0.1) is 12.7 Å². The quantitative estimate of drug-likeness (QED) is 0.506. The monoisotopic (exact) mass is 334 g/mol. The average molecular weight is 334 g/mol. The van der Waals surface area contributed by atoms with Crippen LogP contribution < -0.4 is 0 Å². The fourth-order valence-corrected chi connectivity index (χ4v) is 2.72. The minimum atomic E-state index is -0.275. The molecule has 1 aromatic carbocycles. The largest absolute Gasteiger partial charge is 0.339 e. The van der Waals surface area contributed by atoms with Crippen LogP contribution in [0.5, 0.6) is 0 Å². The molecule has 0 spiro atoms. The number of halogens is 1. The molecule has 0 aliphatic heterocycles. The molecule has 2 heterocycles. The fraction of sp³-hybridized carbons (Fsp3) is 0.357. The van der Waals surface area contributed by atoms with E-state index >= 15 is 0 Å². The number of aryl methyl sites for hydroxylation is 3. The molecular weight excluding hydrogens is 319 g/mol. The van der Waals surface area contributed by atoms with Crippen molar-refractivity contribution in [2.75, 3.05) is 5.75 Å². The number of tetrazole rings is 1. The van der Waals surface area contributed by atoms with Crippen LogP contribution in [0.1, 0.15) is 17.9 Å². The number of nitrogens with zero attached hydrogens (tertiary/aromatic N) is 6. The zero-order chi connectivity index (χ0) is 16.2. The van der Waals surface area contributed by atoms with Crippen molar-refractivity contribution < 1.29 is 8.91 Å². The Labute approximate surface area is 136 Å². The first kappa shape index (κ1) is 15.6. The highest BCUT2D eigenvalue weighted by Crippen LogP contribution is 2.20. The highest BCUT2D eigenvalue weighted by molar-refractivity contribution is 7.99. The number of benzene rings is 1. The first-order chi connectivity index (χ1) is 11.1. The van der Waals surface area contributed by atoms with Crippen LogP contribution in [0.4, 0.5) is 4.39 Å². The van der Waals surface area contributed by atoms with E-state index in [4.69, 9.17) is 4.52 Å². The Morgan fingerprint density at radius 3 is 2.96 bits per heavy atom. The lowest BCUT2D eigenvalue weighted by molar-refractivity contribution is 0.378. The third kappa shape index (κ3) is 3.73. The predicted molar refractivity (Wildman–Crippen MR) is 82.3 cm³/mol. The number of aromatic nitrogens is 6. The van der Waals surface area contributed by atoms with Crippen LogP contribution in [-0.2, 0) is 13.5 Å². The molecule has 9 heteroatoms. The van der Waals surface area contributed by atoms with E-state index in [1.54, 1.807) is 42.5 Å². The zero-order valence-corrected chi connectivity index (χ0v) is 13.5. The Morgan fingerprint density at radius 1 is 1.35 bits per heavy atom. The maximum atomic E-state index is 13.6. The van der Waals surface area contributed by atoms with E-state index in [2.05, 4.69) is 25.7 Å². The lowest BCUT2D eigenvalue weighted by Crippen LogP contribution is -1.95. The van der Waals surface area contributed by atoms with Crippen molar-refractivity contribution in [3.63, 3.8) is 0 Å². The van der Waals surface area contributed by atoms with Gasteiger partial charge in [-0.25, -0.2) is 9.07 Å². The van der Waals surface area contributed by atoms with Gasteiger partial charge >= 0.3 is 0 Å². The Hall–Kier alpha value is -2.29. The summed E-state index contributed by atoms with van der Waals surface area (Å²) >= 11 is 1.57. The second kappa shape index (κ2) is 6.86. The second-order valence-electron chi connectivity index (χ2n) is 5.01. The van der Waals surface area contributed by atoms with Crippen molar-refractivity contribution in [2.24, 2.45) is 7.05 Å². The molecule has 23 heavy (non-hydrogen) atoms. The van der Waals surface area contributed by atoms with Crippen molar-refractivity contribution in [1.29, 1.82) is 0 Å². The van der Waals surface area contributed by atoms with Gasteiger partial charge < -0.3 is 4.52 Å². The van der Waals surface area contributed by atoms with Gasteiger partial charge in [0, 0.05) is 24.8 Å². The van der Waals surface area contributed by atoms with Gasteiger partial charge in [-0.2, -0.15) is 4.98 Å². The van der Waals surface area contributed by atoms with Crippen LogP contribution in [0.3, 0.4) is 0 Å². The average Bonchev–Trinajstić information content (AvgIpc) is 3.16. The molecule has 0 N–H and O–H groups in total. The smallest absolute Gasteiger partial charge is 0.226 e. The van der Waals surface area contributed by atoms with Gasteiger partial charge in [-0.15, -0.1) is 5.10 Å². The summed E-state index contributed by atoms with van der Waals surface area (Å²) in [5.74, 6) is 1.51. The van der Waals surface area contributed by atoms with E-state index in [0.717, 1.165) is 17.3 Å². The topological polar surface area (TPSA) is 82.5 Å². The van der Waals surface area contributed by atoms with Gasteiger partial charge in [0.25, 0.3) is 0 Å². The van der Waals surface area contributed by atoms with Crippen molar-refractivity contribution in [3.05, 3.63) is 35.5 Å². The molecule has 0 amide bonds. The molecule has 0 bridgehead atoms. The van der Waals surface area contributed by atoms with Gasteiger partial charge in [-0.05, 0) is 35.4 Å². The molecule has 0 saturated carbocycles. The Kier molecular flexibility index (Phi) is 4.65. The maximum Gasteiger partial charge on any atom is 0.226 e. The Morgan fingerprint density at radius 2 is 2.22 bits per heavy atom. The first-order valence-corrected chi connectivity index (χ1v) is 8.06. The van der Waals surface area contributed by atoms with Crippen LogP contribution in [0.25, 0.3) is 11.4 Å². The van der Waals surface area contributed by atoms with Crippen LogP contribution in [-0.4, -0.2) is 36.1 Å². The van der Waals surface area contributed by atoms with Crippen LogP contribution in [0.15, 0.2) is 27.9 Å². The number of hydrogen-bond donors (Lipinski definition) is 0. The first-order valence-electron chi connectivity index (χ1n) is 7.08. The van der Waals surface area contributed by atoms with E-state index in [0.29, 0.717) is 29.3 Å². The lowest BCUT2D eigenvalue weighted by Gasteiger charge is -1.98. The normalized spacial score (nSPS) is 11.1. The van der Waals surface area contributed by atoms with Gasteiger partial charge in [0.15, 0.2) is 0 Å². The molecule has 2 aromatic heterocycles. The van der Waals surface area contributed by atoms with E-state index in [1.165, 1.54) is 6.07 Å². The molecular formula is C14H15FN6OS. The molecule has 0 radical (unpaired) electrons. The Balaban J connectivity index is 1.55. The van der Waals surface area contributed by atoms with E-state index in [1.807, 2.05) is 0 Å². The van der Waals surface area contributed by atoms with Crippen molar-refractivity contribution in [2.45, 2.75) is 24.9 Å². The van der Waals surface area contributed by atoms with Crippen LogP contribution in [0.2, 0.25) is 0 Å². The standard InChI is InChI=1S/C14H15FN6OS/c1-9-5-6-10(8-11(9)15)13-16-12(22-18-13)4-3-7-23-14-17-19-20-21(14)2/h5-6,8H,3-4,7H2,1-2H3. The summed E-state index contributed by atoms with van der Waals surface area (Å²) < 4.78 is 20.4. The SMILES string of the molecule is Cc1ccc(-c2noc(CCCSc3nnnn3C)n2)cc1F. The third-order valence-electron chi connectivity index (χ3n) is 3.25. The highest BCUT2D eigenvalue weighted by atomic mass is 32.2. The van der Waals surface area contributed by atoms with Crippen LogP contribution >= 0.6 is 11.8 Å². The summed E-state index contributed by atoms with van der Waals surface area (Å²) in [4.78, 5) is 4.30. The summed E-state index contributed by atoms with van der Waals surface area (Å²) in [5, 5.41) is 15.9. The van der Waals surface area contributed by atoms with Gasteiger partial charge in [0.05, 0.1) is 0 Å². The number of hydrogen-bond acceptors (Lipinski definition) is 7. The fourth-order valence-electron chi connectivity index (χ4n) is 1.94. The maximum absolute atomic E-state index is 13.6. The van der Waals surface area contributed by atoms with Gasteiger partial charge in [0.2, 0.25) is 16.9 Å². The van der Waals surface area contributed by atoms with Crippen molar-refractivity contribution in [3.8, 4) is 11.4 Å². The summed E-state index contributed by atoms with van der Waals surface area (Å²) in [5.41, 5.74) is 1.20. The summed E-state index contributed by atoms with van der Waals surface area (Å²) in [6.07, 6.45) is 1.50. The van der Waals surface area contributed by atoms with Gasteiger partial charge in [0.1, 0.15) is 5.82 Å². The molecule has 3 rings (SSSR count). The summed E-state index contributed by atoms with van der Waals surface area (Å²) in [6.45, 7) is 1.71. The van der Waals surface area contributed by atoms with Gasteiger partial charge in [-0.1, -0.05) is 29.1 Å².